The summed E-state index contributed by atoms with van der Waals surface area (Å²) in [5.41, 5.74) is 1.06. The van der Waals surface area contributed by atoms with Gasteiger partial charge in [-0.2, -0.15) is 5.10 Å². The van der Waals surface area contributed by atoms with Gasteiger partial charge in [-0.25, -0.2) is 4.79 Å². The Labute approximate surface area is 124 Å². The van der Waals surface area contributed by atoms with Crippen molar-refractivity contribution in [3.8, 4) is 10.6 Å². The van der Waals surface area contributed by atoms with Crippen LogP contribution in [0.2, 0.25) is 0 Å². The predicted molar refractivity (Wildman–Crippen MR) is 75.2 cm³/mol. The van der Waals surface area contributed by atoms with E-state index in [1.54, 1.807) is 17.4 Å². The van der Waals surface area contributed by atoms with Gasteiger partial charge in [-0.05, 0) is 17.5 Å². The van der Waals surface area contributed by atoms with Gasteiger partial charge in [0.25, 0.3) is 5.91 Å². The molecule has 1 aliphatic rings. The number of thiophene rings is 1. The topological polar surface area (TPSA) is 95.5 Å². The lowest BCUT2D eigenvalue weighted by Gasteiger charge is -2.30. The molecule has 7 nitrogen and oxygen atoms in total. The molecule has 2 aromatic heterocycles. The molecule has 0 aliphatic carbocycles. The Kier molecular flexibility index (Phi) is 3.72. The summed E-state index contributed by atoms with van der Waals surface area (Å²) in [6.07, 6.45) is -0.974. The van der Waals surface area contributed by atoms with Crippen molar-refractivity contribution in [3.05, 3.63) is 29.3 Å². The van der Waals surface area contributed by atoms with Gasteiger partial charge in [-0.3, -0.25) is 9.89 Å². The Morgan fingerprint density at radius 1 is 1.52 bits per heavy atom. The molecule has 0 radical (unpaired) electrons. The highest BCUT2D eigenvalue weighted by atomic mass is 32.1. The number of H-pyrrole nitrogens is 1. The molecule has 0 unspecified atom stereocenters. The van der Waals surface area contributed by atoms with E-state index >= 15 is 0 Å². The Bertz CT molecular complexity index is 652. The number of carboxylic acid groups (broad SMARTS) is 1. The van der Waals surface area contributed by atoms with Crippen molar-refractivity contribution in [2.45, 2.75) is 6.10 Å². The maximum absolute atomic E-state index is 12.3. The van der Waals surface area contributed by atoms with Crippen molar-refractivity contribution in [2.75, 3.05) is 19.7 Å². The molecule has 3 heterocycles. The number of amides is 1. The number of nitrogens with zero attached hydrogens (tertiary/aromatic N) is 2. The third-order valence-electron chi connectivity index (χ3n) is 3.21. The second-order valence-electron chi connectivity index (χ2n) is 4.59. The fourth-order valence-electron chi connectivity index (χ4n) is 2.13. The van der Waals surface area contributed by atoms with Gasteiger partial charge in [0, 0.05) is 6.54 Å². The van der Waals surface area contributed by atoms with Crippen molar-refractivity contribution in [1.82, 2.24) is 15.1 Å². The molecule has 1 saturated heterocycles. The van der Waals surface area contributed by atoms with E-state index in [0.717, 1.165) is 10.6 Å². The highest BCUT2D eigenvalue weighted by Gasteiger charge is 2.30. The minimum absolute atomic E-state index is 0.0371. The summed E-state index contributed by atoms with van der Waals surface area (Å²) in [5, 5.41) is 17.7. The average molecular weight is 307 g/mol. The van der Waals surface area contributed by atoms with E-state index in [2.05, 4.69) is 10.2 Å². The summed E-state index contributed by atoms with van der Waals surface area (Å²) in [6, 6.07) is 5.53. The highest BCUT2D eigenvalue weighted by molar-refractivity contribution is 7.13. The number of morpholine rings is 1. The zero-order valence-electron chi connectivity index (χ0n) is 11.0. The third-order valence-corrected chi connectivity index (χ3v) is 4.12. The second-order valence-corrected chi connectivity index (χ2v) is 5.54. The summed E-state index contributed by atoms with van der Waals surface area (Å²) in [6.45, 7) is 0.615. The minimum atomic E-state index is -1.06. The van der Waals surface area contributed by atoms with Crippen molar-refractivity contribution < 1.29 is 19.4 Å². The first kappa shape index (κ1) is 13.8. The van der Waals surface area contributed by atoms with Crippen LogP contribution in [-0.4, -0.2) is 57.9 Å². The van der Waals surface area contributed by atoms with Crippen molar-refractivity contribution in [1.29, 1.82) is 0 Å². The molecule has 8 heteroatoms. The number of carbonyl (C=O) groups excluding carboxylic acids is 1. The number of aliphatic carboxylic acids is 1. The Balaban J connectivity index is 1.74. The first-order chi connectivity index (χ1) is 10.1. The SMILES string of the molecule is O=C(O)[C@H]1CN(C(=O)c2cc(-c3cccs3)[nH]n2)CCO1. The smallest absolute Gasteiger partial charge is 0.334 e. The molecule has 2 aromatic rings. The van der Waals surface area contributed by atoms with E-state index in [4.69, 9.17) is 9.84 Å². The van der Waals surface area contributed by atoms with Crippen molar-refractivity contribution >= 4 is 23.2 Å². The molecular formula is C13H13N3O4S. The van der Waals surface area contributed by atoms with Crippen LogP contribution < -0.4 is 0 Å². The van der Waals surface area contributed by atoms with Gasteiger partial charge in [0.15, 0.2) is 11.8 Å². The summed E-state index contributed by atoms with van der Waals surface area (Å²) >= 11 is 1.55. The normalized spacial score (nSPS) is 18.7. The summed E-state index contributed by atoms with van der Waals surface area (Å²) in [4.78, 5) is 25.7. The molecule has 1 fully saturated rings. The lowest BCUT2D eigenvalue weighted by molar-refractivity contribution is -0.154. The van der Waals surface area contributed by atoms with E-state index < -0.39 is 12.1 Å². The lowest BCUT2D eigenvalue weighted by atomic mass is 10.2. The number of ether oxygens (including phenoxy) is 1. The molecule has 0 saturated carbocycles. The van der Waals surface area contributed by atoms with Crippen LogP contribution in [0.5, 0.6) is 0 Å². The molecule has 3 rings (SSSR count). The molecule has 1 aliphatic heterocycles. The Morgan fingerprint density at radius 3 is 3.10 bits per heavy atom. The quantitative estimate of drug-likeness (QED) is 0.884. The molecule has 110 valence electrons. The average Bonchev–Trinajstić information content (AvgIpc) is 3.17. The number of aromatic nitrogens is 2. The Hall–Kier alpha value is -2.19. The molecular weight excluding hydrogens is 294 g/mol. The number of aromatic amines is 1. The molecule has 1 amide bonds. The number of carboxylic acids is 1. The zero-order chi connectivity index (χ0) is 14.8. The van der Waals surface area contributed by atoms with Crippen LogP contribution in [0, 0.1) is 0 Å². The van der Waals surface area contributed by atoms with Crippen LogP contribution in [0.1, 0.15) is 10.5 Å². The van der Waals surface area contributed by atoms with Crippen LogP contribution in [0.25, 0.3) is 10.6 Å². The zero-order valence-corrected chi connectivity index (χ0v) is 11.8. The largest absolute Gasteiger partial charge is 0.479 e. The van der Waals surface area contributed by atoms with E-state index in [1.807, 2.05) is 17.5 Å². The fraction of sp³-hybridized carbons (Fsp3) is 0.308. The summed E-state index contributed by atoms with van der Waals surface area (Å²) in [5.74, 6) is -1.35. The first-order valence-corrected chi connectivity index (χ1v) is 7.26. The first-order valence-electron chi connectivity index (χ1n) is 6.38. The molecule has 0 aromatic carbocycles. The van der Waals surface area contributed by atoms with E-state index in [9.17, 15) is 9.59 Å². The van der Waals surface area contributed by atoms with Gasteiger partial charge in [-0.15, -0.1) is 11.3 Å². The maximum atomic E-state index is 12.3. The molecule has 21 heavy (non-hydrogen) atoms. The van der Waals surface area contributed by atoms with Gasteiger partial charge >= 0.3 is 5.97 Å². The fourth-order valence-corrected chi connectivity index (χ4v) is 2.83. The number of hydrogen-bond acceptors (Lipinski definition) is 5. The molecule has 0 spiro atoms. The van der Waals surface area contributed by atoms with Gasteiger partial charge in [0.2, 0.25) is 0 Å². The van der Waals surface area contributed by atoms with Crippen LogP contribution in [0.15, 0.2) is 23.6 Å². The number of carbonyl (C=O) groups is 2. The minimum Gasteiger partial charge on any atom is -0.479 e. The van der Waals surface area contributed by atoms with Gasteiger partial charge in [-0.1, -0.05) is 6.07 Å². The van der Waals surface area contributed by atoms with Crippen LogP contribution >= 0.6 is 11.3 Å². The molecule has 2 N–H and O–H groups in total. The number of hydrogen-bond donors (Lipinski definition) is 2. The van der Waals surface area contributed by atoms with Crippen LogP contribution in [-0.2, 0) is 9.53 Å². The third kappa shape index (κ3) is 2.81. The highest BCUT2D eigenvalue weighted by Crippen LogP contribution is 2.23. The van der Waals surface area contributed by atoms with E-state index in [-0.39, 0.29) is 24.8 Å². The van der Waals surface area contributed by atoms with Gasteiger partial charge < -0.3 is 14.7 Å². The van der Waals surface area contributed by atoms with Crippen LogP contribution in [0.3, 0.4) is 0 Å². The van der Waals surface area contributed by atoms with Gasteiger partial charge in [0.1, 0.15) is 0 Å². The maximum Gasteiger partial charge on any atom is 0.334 e. The Morgan fingerprint density at radius 2 is 2.38 bits per heavy atom. The van der Waals surface area contributed by atoms with Crippen molar-refractivity contribution in [3.63, 3.8) is 0 Å². The number of rotatable bonds is 3. The lowest BCUT2D eigenvalue weighted by Crippen LogP contribution is -2.48. The number of nitrogens with one attached hydrogen (secondary N) is 1. The molecule has 1 atom stereocenters. The predicted octanol–water partition coefficient (Wildman–Crippen LogP) is 1.06. The standard InChI is InChI=1S/C13H13N3O4S/c17-12(16-3-4-20-10(7-16)13(18)19)9-6-8(14-15-9)11-2-1-5-21-11/h1-2,5-6,10H,3-4,7H2,(H,14,15)(H,18,19)/t10-/m1/s1. The monoisotopic (exact) mass is 307 g/mol. The van der Waals surface area contributed by atoms with Crippen LogP contribution in [0.4, 0.5) is 0 Å². The second kappa shape index (κ2) is 5.66. The molecule has 0 bridgehead atoms. The summed E-state index contributed by atoms with van der Waals surface area (Å²) < 4.78 is 5.10. The van der Waals surface area contributed by atoms with Gasteiger partial charge in [0.05, 0.1) is 23.7 Å². The van der Waals surface area contributed by atoms with E-state index in [0.29, 0.717) is 6.54 Å². The van der Waals surface area contributed by atoms with Crippen molar-refractivity contribution in [2.24, 2.45) is 0 Å². The van der Waals surface area contributed by atoms with E-state index in [1.165, 1.54) is 4.90 Å². The summed E-state index contributed by atoms with van der Waals surface area (Å²) in [7, 11) is 0.